The summed E-state index contributed by atoms with van der Waals surface area (Å²) < 4.78 is 0. The van der Waals surface area contributed by atoms with Gasteiger partial charge in [0.15, 0.2) is 0 Å². The summed E-state index contributed by atoms with van der Waals surface area (Å²) in [5, 5.41) is 92.1. The molecule has 307 valence electrons. The molecule has 0 spiro atoms. The van der Waals surface area contributed by atoms with Crippen LogP contribution in [-0.2, 0) is 31.5 Å². The van der Waals surface area contributed by atoms with Crippen molar-refractivity contribution in [1.82, 2.24) is 0 Å². The van der Waals surface area contributed by atoms with Crippen LogP contribution < -0.4 is 26.8 Å². The topological polar surface area (TPSA) is 294 Å². The van der Waals surface area contributed by atoms with Gasteiger partial charge in [-0.05, 0) is 36.4 Å². The van der Waals surface area contributed by atoms with Crippen LogP contribution in [0.3, 0.4) is 0 Å². The number of carbonyl (C=O) groups excluding carboxylic acids is 3. The number of hydrogen-bond acceptors (Lipinski definition) is 14. The van der Waals surface area contributed by atoms with Crippen LogP contribution in [0.4, 0.5) is 0 Å². The molecule has 6 rings (SSSR count). The van der Waals surface area contributed by atoms with Gasteiger partial charge in [0.2, 0.25) is 0 Å². The third kappa shape index (κ3) is 13.3. The fourth-order valence-corrected chi connectivity index (χ4v) is 5.65. The first-order valence-corrected chi connectivity index (χ1v) is 17.4. The molecule has 1 radical (unpaired) electrons. The van der Waals surface area contributed by atoms with Crippen molar-refractivity contribution in [3.63, 3.8) is 0 Å². The van der Waals surface area contributed by atoms with Crippen LogP contribution in [0.25, 0.3) is 0 Å². The van der Waals surface area contributed by atoms with Crippen molar-refractivity contribution in [3.05, 3.63) is 179 Å². The van der Waals surface area contributed by atoms with Crippen LogP contribution in [0.5, 0.6) is 34.5 Å². The van der Waals surface area contributed by atoms with Gasteiger partial charge in [0.25, 0.3) is 0 Å². The van der Waals surface area contributed by atoms with Gasteiger partial charge >= 0.3 is 17.1 Å². The molecule has 0 fully saturated rings. The molecule has 0 bridgehead atoms. The maximum atomic E-state index is 11.3. The van der Waals surface area contributed by atoms with E-state index in [4.69, 9.17) is 11.5 Å². The number of carbonyl (C=O) groups is 3. The number of phenols is 6. The number of phenolic OH excluding ortho intramolecular Hbond substituents is 6. The van der Waals surface area contributed by atoms with E-state index >= 15 is 0 Å². The number of aliphatic carboxylic acids is 3. The summed E-state index contributed by atoms with van der Waals surface area (Å²) >= 11 is 0. The van der Waals surface area contributed by atoms with Gasteiger partial charge in [-0.1, -0.05) is 109 Å². The zero-order chi connectivity index (χ0) is 42.8. The van der Waals surface area contributed by atoms with E-state index in [0.717, 1.165) is 0 Å². The molecule has 0 heterocycles. The summed E-state index contributed by atoms with van der Waals surface area (Å²) in [5.41, 5.74) is 11.0. The van der Waals surface area contributed by atoms with Crippen LogP contribution >= 0.6 is 0 Å². The van der Waals surface area contributed by atoms with Crippen molar-refractivity contribution in [2.24, 2.45) is 11.5 Å². The molecular weight excluding hydrogens is 804 g/mol. The maximum Gasteiger partial charge on any atom is 3.00 e. The van der Waals surface area contributed by atoms with E-state index in [9.17, 15) is 60.3 Å². The second kappa shape index (κ2) is 23.9. The molecule has 14 nitrogen and oxygen atoms in total. The molecule has 15 heteroatoms. The summed E-state index contributed by atoms with van der Waals surface area (Å²) in [7, 11) is 0. The summed E-state index contributed by atoms with van der Waals surface area (Å²) in [6.45, 7) is 1.19. The van der Waals surface area contributed by atoms with Gasteiger partial charge in [0.05, 0.1) is 35.7 Å². The van der Waals surface area contributed by atoms with Gasteiger partial charge in [0, 0.05) is 46.5 Å². The van der Waals surface area contributed by atoms with Crippen molar-refractivity contribution >= 4 is 17.9 Å². The number of benzene rings is 6. The SMILES string of the molecule is NCCN.O=C([O-])C(c1ccccc1O)c1ccccc1O.O=C([O-])C(c1ccccc1O)c1ccccc1O.O=C([O-])C(c1ccccc1O)c1ccccc1O.[Fe+3]. The Labute approximate surface area is 350 Å². The van der Waals surface area contributed by atoms with E-state index in [1.54, 1.807) is 72.8 Å². The summed E-state index contributed by atoms with van der Waals surface area (Å²) in [6.07, 6.45) is 0. The Morgan fingerprint density at radius 1 is 0.356 bits per heavy atom. The molecule has 0 amide bonds. The van der Waals surface area contributed by atoms with E-state index in [2.05, 4.69) is 0 Å². The van der Waals surface area contributed by atoms with E-state index in [1.165, 1.54) is 72.8 Å². The predicted octanol–water partition coefficient (Wildman–Crippen LogP) is 1.84. The molecule has 0 saturated carbocycles. The number of rotatable bonds is 10. The van der Waals surface area contributed by atoms with Gasteiger partial charge in [0.1, 0.15) is 34.5 Å². The number of carboxylic acids is 3. The Bertz CT molecular complexity index is 1900. The monoisotopic (exact) mass is 845 g/mol. The Morgan fingerprint density at radius 3 is 0.593 bits per heavy atom. The first-order chi connectivity index (χ1) is 27.7. The van der Waals surface area contributed by atoms with Gasteiger partial charge in [-0.15, -0.1) is 0 Å². The number of aromatic hydroxyl groups is 6. The molecule has 0 unspecified atom stereocenters. The molecule has 10 N–H and O–H groups in total. The van der Waals surface area contributed by atoms with Crippen LogP contribution in [0.15, 0.2) is 146 Å². The van der Waals surface area contributed by atoms with Gasteiger partial charge in [-0.25, -0.2) is 0 Å². The molecule has 0 aliphatic carbocycles. The van der Waals surface area contributed by atoms with E-state index in [0.29, 0.717) is 13.1 Å². The number of hydrogen-bond donors (Lipinski definition) is 8. The van der Waals surface area contributed by atoms with Gasteiger partial charge < -0.3 is 71.8 Å². The first-order valence-electron chi connectivity index (χ1n) is 17.4. The average Bonchev–Trinajstić information content (AvgIpc) is 3.20. The van der Waals surface area contributed by atoms with Crippen LogP contribution in [0, 0.1) is 0 Å². The molecular formula is C44H41FeN2O12. The van der Waals surface area contributed by atoms with E-state index in [1.807, 2.05) is 0 Å². The normalized spacial score (nSPS) is 10.1. The molecule has 6 aromatic carbocycles. The molecule has 6 aromatic rings. The minimum atomic E-state index is -1.38. The Kier molecular flexibility index (Phi) is 19.5. The Morgan fingerprint density at radius 2 is 0.492 bits per heavy atom. The van der Waals surface area contributed by atoms with Crippen molar-refractivity contribution in [1.29, 1.82) is 0 Å². The standard InChI is InChI=1S/3C14H12O4.C2H8N2.Fe/c3*15-11-7-3-1-5-9(11)13(14(17)18)10-6-2-4-8-12(10)16;3-1-2-4;/h3*1-8,13,15-16H,(H,17,18);1-4H2;/q;;;;+3/p-3. The van der Waals surface area contributed by atoms with Crippen molar-refractivity contribution in [2.45, 2.75) is 17.8 Å². The van der Waals surface area contributed by atoms with Gasteiger partial charge in [-0.3, -0.25) is 0 Å². The van der Waals surface area contributed by atoms with E-state index < -0.39 is 35.7 Å². The quantitative estimate of drug-likeness (QED) is 0.0914. The van der Waals surface area contributed by atoms with Crippen molar-refractivity contribution in [3.8, 4) is 34.5 Å². The molecule has 0 aromatic heterocycles. The average molecular weight is 846 g/mol. The smallest absolute Gasteiger partial charge is 0.549 e. The maximum absolute atomic E-state index is 11.3. The van der Waals surface area contributed by atoms with Crippen molar-refractivity contribution in [2.75, 3.05) is 13.1 Å². The largest absolute Gasteiger partial charge is 3.00 e. The second-order valence-corrected chi connectivity index (χ2v) is 12.2. The minimum Gasteiger partial charge on any atom is -0.549 e. The van der Waals surface area contributed by atoms with Crippen LogP contribution in [0.1, 0.15) is 51.1 Å². The third-order valence-corrected chi connectivity index (χ3v) is 8.36. The minimum absolute atomic E-state index is 0. The fraction of sp³-hybridized carbons (Fsp3) is 0.114. The zero-order valence-corrected chi connectivity index (χ0v) is 32.2. The molecule has 0 atom stereocenters. The molecule has 59 heavy (non-hydrogen) atoms. The number of para-hydroxylation sites is 6. The zero-order valence-electron chi connectivity index (χ0n) is 31.1. The summed E-state index contributed by atoms with van der Waals surface area (Å²) in [6, 6.07) is 36.6. The van der Waals surface area contributed by atoms with Gasteiger partial charge in [-0.2, -0.15) is 0 Å². The molecule has 0 saturated heterocycles. The fourth-order valence-electron chi connectivity index (χ4n) is 5.65. The number of nitrogens with two attached hydrogens (primary N) is 2. The van der Waals surface area contributed by atoms with E-state index in [-0.39, 0.29) is 84.9 Å². The Hall–Kier alpha value is -7.03. The Balaban J connectivity index is 0.000000289. The molecule has 0 aliphatic rings. The first kappa shape index (κ1) is 48.1. The summed E-state index contributed by atoms with van der Waals surface area (Å²) in [5.74, 6) is -8.60. The second-order valence-electron chi connectivity index (χ2n) is 12.2. The van der Waals surface area contributed by atoms with Crippen LogP contribution in [0.2, 0.25) is 0 Å². The number of carboxylic acid groups (broad SMARTS) is 3. The summed E-state index contributed by atoms with van der Waals surface area (Å²) in [4.78, 5) is 33.8. The molecule has 0 aliphatic heterocycles. The van der Waals surface area contributed by atoms with Crippen LogP contribution in [-0.4, -0.2) is 61.6 Å². The predicted molar refractivity (Wildman–Crippen MR) is 207 cm³/mol. The third-order valence-electron chi connectivity index (χ3n) is 8.36. The van der Waals surface area contributed by atoms with Crippen molar-refractivity contribution < 1.29 is 77.4 Å².